The summed E-state index contributed by atoms with van der Waals surface area (Å²) in [7, 11) is 1.81. The molecule has 0 saturated carbocycles. The summed E-state index contributed by atoms with van der Waals surface area (Å²) in [5.74, 6) is 0.621. The number of pyridine rings is 1. The first-order valence-corrected chi connectivity index (χ1v) is 5.72. The molecule has 18 heavy (non-hydrogen) atoms. The van der Waals surface area contributed by atoms with Gasteiger partial charge in [0.1, 0.15) is 5.82 Å². The highest BCUT2D eigenvalue weighted by atomic mass is 16.4. The zero-order valence-electron chi connectivity index (χ0n) is 11.2. The summed E-state index contributed by atoms with van der Waals surface area (Å²) in [5.41, 5.74) is 8.00. The minimum Gasteiger partial charge on any atom is -0.409 e. The quantitative estimate of drug-likeness (QED) is 0.316. The Hall–Kier alpha value is -1.82. The van der Waals surface area contributed by atoms with Gasteiger partial charge in [0.25, 0.3) is 0 Å². The average Bonchev–Trinajstić information content (AvgIpc) is 2.26. The topological polar surface area (TPSA) is 95.0 Å². The van der Waals surface area contributed by atoms with Crippen LogP contribution < -0.4 is 10.6 Å². The van der Waals surface area contributed by atoms with Crippen molar-refractivity contribution in [2.24, 2.45) is 10.9 Å². The molecule has 0 aromatic carbocycles. The lowest BCUT2D eigenvalue weighted by Crippen LogP contribution is -2.31. The first-order chi connectivity index (χ1) is 8.36. The Morgan fingerprint density at radius 3 is 2.67 bits per heavy atom. The standard InChI is InChI=1S/C12H20N4O2/c1-7-5-8(2)14-12(10(7)11(13)15-18)16(4)6-9(3)17/h5,9,17-18H,6H2,1-4H3,(H2,13,15). The molecule has 1 aromatic rings. The van der Waals surface area contributed by atoms with Gasteiger partial charge in [0.2, 0.25) is 0 Å². The van der Waals surface area contributed by atoms with Crippen molar-refractivity contribution < 1.29 is 10.3 Å². The summed E-state index contributed by atoms with van der Waals surface area (Å²) in [6.45, 7) is 5.87. The monoisotopic (exact) mass is 252 g/mol. The number of aliphatic hydroxyl groups excluding tert-OH is 1. The van der Waals surface area contributed by atoms with Gasteiger partial charge in [-0.15, -0.1) is 0 Å². The number of anilines is 1. The number of aromatic nitrogens is 1. The second-order valence-corrected chi connectivity index (χ2v) is 4.49. The minimum absolute atomic E-state index is 0.0208. The lowest BCUT2D eigenvalue weighted by atomic mass is 10.1. The van der Waals surface area contributed by atoms with Gasteiger partial charge in [-0.25, -0.2) is 4.98 Å². The summed E-state index contributed by atoms with van der Waals surface area (Å²) >= 11 is 0. The highest BCUT2D eigenvalue weighted by molar-refractivity contribution is 6.02. The van der Waals surface area contributed by atoms with Gasteiger partial charge in [-0.3, -0.25) is 0 Å². The minimum atomic E-state index is -0.488. The van der Waals surface area contributed by atoms with Gasteiger partial charge in [-0.1, -0.05) is 5.16 Å². The predicted octanol–water partition coefficient (Wildman–Crippen LogP) is 0.610. The van der Waals surface area contributed by atoms with E-state index in [1.54, 1.807) is 11.8 Å². The molecule has 0 aliphatic rings. The normalized spacial score (nSPS) is 13.5. The molecule has 0 aliphatic carbocycles. The maximum absolute atomic E-state index is 9.43. The molecule has 1 atom stereocenters. The smallest absolute Gasteiger partial charge is 0.174 e. The van der Waals surface area contributed by atoms with Crippen molar-refractivity contribution in [1.29, 1.82) is 0 Å². The molecule has 0 spiro atoms. The van der Waals surface area contributed by atoms with Crippen molar-refractivity contribution in [2.45, 2.75) is 26.9 Å². The molecule has 1 heterocycles. The van der Waals surface area contributed by atoms with Crippen LogP contribution in [0.4, 0.5) is 5.82 Å². The average molecular weight is 252 g/mol. The number of nitrogens with zero attached hydrogens (tertiary/aromatic N) is 3. The third-order valence-corrected chi connectivity index (χ3v) is 2.59. The van der Waals surface area contributed by atoms with Crippen LogP contribution in [0.15, 0.2) is 11.2 Å². The van der Waals surface area contributed by atoms with E-state index in [2.05, 4.69) is 10.1 Å². The number of oxime groups is 1. The van der Waals surface area contributed by atoms with E-state index < -0.39 is 6.10 Å². The van der Waals surface area contributed by atoms with Crippen LogP contribution >= 0.6 is 0 Å². The highest BCUT2D eigenvalue weighted by Gasteiger charge is 2.17. The number of amidine groups is 1. The third kappa shape index (κ3) is 3.10. The zero-order chi connectivity index (χ0) is 13.9. The fourth-order valence-electron chi connectivity index (χ4n) is 1.94. The van der Waals surface area contributed by atoms with Gasteiger partial charge in [0, 0.05) is 19.3 Å². The molecule has 0 bridgehead atoms. The van der Waals surface area contributed by atoms with Crippen LogP contribution in [-0.4, -0.2) is 40.8 Å². The molecule has 0 aliphatic heterocycles. The fourth-order valence-corrected chi connectivity index (χ4v) is 1.94. The van der Waals surface area contributed by atoms with Gasteiger partial charge >= 0.3 is 0 Å². The Morgan fingerprint density at radius 1 is 1.56 bits per heavy atom. The van der Waals surface area contributed by atoms with Gasteiger partial charge in [-0.2, -0.15) is 0 Å². The Labute approximate surface area is 107 Å². The summed E-state index contributed by atoms with van der Waals surface area (Å²) in [6, 6.07) is 1.87. The second kappa shape index (κ2) is 5.68. The molecular weight excluding hydrogens is 232 g/mol. The summed E-state index contributed by atoms with van der Waals surface area (Å²) in [6.07, 6.45) is -0.488. The van der Waals surface area contributed by atoms with Crippen LogP contribution in [0.2, 0.25) is 0 Å². The molecule has 1 aromatic heterocycles. The van der Waals surface area contributed by atoms with Crippen LogP contribution in [0.25, 0.3) is 0 Å². The lowest BCUT2D eigenvalue weighted by Gasteiger charge is -2.23. The maximum atomic E-state index is 9.43. The van der Waals surface area contributed by atoms with Crippen LogP contribution in [0.5, 0.6) is 0 Å². The van der Waals surface area contributed by atoms with E-state index in [9.17, 15) is 5.11 Å². The Kier molecular flexibility index (Phi) is 4.49. The fraction of sp³-hybridized carbons (Fsp3) is 0.500. The molecule has 100 valence electrons. The molecule has 4 N–H and O–H groups in total. The molecule has 1 rings (SSSR count). The molecule has 0 fully saturated rings. The number of aryl methyl sites for hydroxylation is 2. The second-order valence-electron chi connectivity index (χ2n) is 4.49. The number of nitrogens with two attached hydrogens (primary N) is 1. The predicted molar refractivity (Wildman–Crippen MR) is 71.2 cm³/mol. The number of likely N-dealkylation sites (N-methyl/N-ethyl adjacent to an activating group) is 1. The number of hydrogen-bond acceptors (Lipinski definition) is 5. The largest absolute Gasteiger partial charge is 0.409 e. The van der Waals surface area contributed by atoms with E-state index in [1.807, 2.05) is 27.0 Å². The van der Waals surface area contributed by atoms with Crippen molar-refractivity contribution >= 4 is 11.7 Å². The number of rotatable bonds is 4. The maximum Gasteiger partial charge on any atom is 0.174 e. The van der Waals surface area contributed by atoms with E-state index >= 15 is 0 Å². The Bertz CT molecular complexity index is 458. The van der Waals surface area contributed by atoms with E-state index in [4.69, 9.17) is 10.9 Å². The van der Waals surface area contributed by atoms with E-state index in [1.165, 1.54) is 0 Å². The zero-order valence-corrected chi connectivity index (χ0v) is 11.2. The van der Waals surface area contributed by atoms with E-state index in [0.717, 1.165) is 11.3 Å². The van der Waals surface area contributed by atoms with Crippen molar-refractivity contribution in [3.63, 3.8) is 0 Å². The number of hydrogen-bond donors (Lipinski definition) is 3. The van der Waals surface area contributed by atoms with Crippen molar-refractivity contribution in [3.05, 3.63) is 22.9 Å². The molecule has 0 amide bonds. The van der Waals surface area contributed by atoms with Crippen LogP contribution in [-0.2, 0) is 0 Å². The first kappa shape index (κ1) is 14.2. The molecule has 6 heteroatoms. The van der Waals surface area contributed by atoms with Crippen molar-refractivity contribution in [1.82, 2.24) is 4.98 Å². The molecular formula is C12H20N4O2. The lowest BCUT2D eigenvalue weighted by molar-refractivity contribution is 0.201. The van der Waals surface area contributed by atoms with Crippen molar-refractivity contribution in [3.8, 4) is 0 Å². The summed E-state index contributed by atoms with van der Waals surface area (Å²) in [5, 5.41) is 21.3. The molecule has 6 nitrogen and oxygen atoms in total. The third-order valence-electron chi connectivity index (χ3n) is 2.59. The van der Waals surface area contributed by atoms with Gasteiger partial charge in [-0.05, 0) is 32.4 Å². The van der Waals surface area contributed by atoms with Gasteiger partial charge < -0.3 is 20.9 Å². The highest BCUT2D eigenvalue weighted by Crippen LogP contribution is 2.21. The van der Waals surface area contributed by atoms with E-state index in [-0.39, 0.29) is 5.84 Å². The van der Waals surface area contributed by atoms with Crippen LogP contribution in [0.1, 0.15) is 23.7 Å². The van der Waals surface area contributed by atoms with Crippen LogP contribution in [0, 0.1) is 13.8 Å². The first-order valence-electron chi connectivity index (χ1n) is 5.72. The Morgan fingerprint density at radius 2 is 2.17 bits per heavy atom. The summed E-state index contributed by atoms with van der Waals surface area (Å²) in [4.78, 5) is 6.19. The van der Waals surface area contributed by atoms with E-state index in [0.29, 0.717) is 17.9 Å². The van der Waals surface area contributed by atoms with Gasteiger partial charge in [0.05, 0.1) is 11.7 Å². The van der Waals surface area contributed by atoms with Crippen LogP contribution in [0.3, 0.4) is 0 Å². The molecule has 0 saturated heterocycles. The molecule has 0 radical (unpaired) electrons. The molecule has 1 unspecified atom stereocenters. The Balaban J connectivity index is 3.31. The summed E-state index contributed by atoms with van der Waals surface area (Å²) < 4.78 is 0. The SMILES string of the molecule is Cc1cc(C)c(C(N)=NO)c(N(C)CC(C)O)n1. The number of aliphatic hydroxyl groups is 1. The van der Waals surface area contributed by atoms with Crippen molar-refractivity contribution in [2.75, 3.05) is 18.5 Å². The van der Waals surface area contributed by atoms with Gasteiger partial charge in [0.15, 0.2) is 5.84 Å².